The standard InChI is InChI=1S/C10H9FN4O2S/c11-7-1-2-10(9(12)3-7)18(16,17)15-8-4-13-6-14-5-8/h1-6,15H,12H2. The van der Waals surface area contributed by atoms with Gasteiger partial charge in [0, 0.05) is 0 Å². The van der Waals surface area contributed by atoms with Crippen LogP contribution in [0.5, 0.6) is 0 Å². The van der Waals surface area contributed by atoms with E-state index in [-0.39, 0.29) is 16.3 Å². The molecule has 0 amide bonds. The van der Waals surface area contributed by atoms with E-state index in [9.17, 15) is 12.8 Å². The molecule has 1 aromatic carbocycles. The summed E-state index contributed by atoms with van der Waals surface area (Å²) in [5, 5.41) is 0. The van der Waals surface area contributed by atoms with E-state index in [0.717, 1.165) is 18.2 Å². The van der Waals surface area contributed by atoms with E-state index in [1.807, 2.05) is 0 Å². The number of aromatic nitrogens is 2. The van der Waals surface area contributed by atoms with Crippen molar-refractivity contribution in [2.75, 3.05) is 10.5 Å². The van der Waals surface area contributed by atoms with Crippen LogP contribution in [0.4, 0.5) is 15.8 Å². The van der Waals surface area contributed by atoms with Crippen LogP contribution in [0.25, 0.3) is 0 Å². The zero-order valence-corrected chi connectivity index (χ0v) is 9.86. The molecule has 0 radical (unpaired) electrons. The van der Waals surface area contributed by atoms with Crippen LogP contribution in [0, 0.1) is 5.82 Å². The summed E-state index contributed by atoms with van der Waals surface area (Å²) >= 11 is 0. The normalized spacial score (nSPS) is 11.2. The topological polar surface area (TPSA) is 98.0 Å². The van der Waals surface area contributed by atoms with Gasteiger partial charge in [-0.15, -0.1) is 0 Å². The summed E-state index contributed by atoms with van der Waals surface area (Å²) in [5.74, 6) is -0.602. The fourth-order valence-electron chi connectivity index (χ4n) is 1.33. The Morgan fingerprint density at radius 1 is 1.22 bits per heavy atom. The second kappa shape index (κ2) is 4.57. The lowest BCUT2D eigenvalue weighted by Gasteiger charge is -2.09. The minimum atomic E-state index is -3.88. The number of benzene rings is 1. The smallest absolute Gasteiger partial charge is 0.264 e. The largest absolute Gasteiger partial charge is 0.398 e. The Balaban J connectivity index is 2.37. The maximum absolute atomic E-state index is 12.8. The van der Waals surface area contributed by atoms with Crippen LogP contribution in [0.3, 0.4) is 0 Å². The van der Waals surface area contributed by atoms with Gasteiger partial charge < -0.3 is 5.73 Å². The molecular formula is C10H9FN4O2S. The molecule has 0 aliphatic heterocycles. The number of hydrogen-bond acceptors (Lipinski definition) is 5. The molecule has 94 valence electrons. The average Bonchev–Trinajstić information content (AvgIpc) is 2.29. The van der Waals surface area contributed by atoms with Crippen LogP contribution in [-0.2, 0) is 10.0 Å². The number of halogens is 1. The molecule has 0 saturated carbocycles. The van der Waals surface area contributed by atoms with Gasteiger partial charge in [0.2, 0.25) is 0 Å². The van der Waals surface area contributed by atoms with Crippen molar-refractivity contribution in [3.63, 3.8) is 0 Å². The molecular weight excluding hydrogens is 259 g/mol. The second-order valence-corrected chi connectivity index (χ2v) is 5.07. The molecule has 3 N–H and O–H groups in total. The lowest BCUT2D eigenvalue weighted by Crippen LogP contribution is -2.15. The first kappa shape index (κ1) is 12.2. The van der Waals surface area contributed by atoms with Crippen molar-refractivity contribution in [3.05, 3.63) is 42.7 Å². The molecule has 0 aliphatic rings. The highest BCUT2D eigenvalue weighted by Gasteiger charge is 2.18. The Morgan fingerprint density at radius 3 is 2.50 bits per heavy atom. The zero-order valence-electron chi connectivity index (χ0n) is 9.04. The molecule has 2 rings (SSSR count). The van der Waals surface area contributed by atoms with E-state index in [4.69, 9.17) is 5.73 Å². The number of sulfonamides is 1. The SMILES string of the molecule is Nc1cc(F)ccc1S(=O)(=O)Nc1cncnc1. The third-order valence-corrected chi connectivity index (χ3v) is 3.53. The van der Waals surface area contributed by atoms with Gasteiger partial charge >= 0.3 is 0 Å². The van der Waals surface area contributed by atoms with E-state index < -0.39 is 15.8 Å². The van der Waals surface area contributed by atoms with Crippen LogP contribution in [0.1, 0.15) is 0 Å². The molecule has 0 saturated heterocycles. The van der Waals surface area contributed by atoms with E-state index in [1.165, 1.54) is 18.7 Å². The van der Waals surface area contributed by atoms with E-state index in [0.29, 0.717) is 0 Å². The van der Waals surface area contributed by atoms with E-state index in [1.54, 1.807) is 0 Å². The Morgan fingerprint density at radius 2 is 1.89 bits per heavy atom. The number of nitrogens with one attached hydrogen (secondary N) is 1. The fraction of sp³-hybridized carbons (Fsp3) is 0. The molecule has 0 unspecified atom stereocenters. The predicted molar refractivity (Wildman–Crippen MR) is 63.7 cm³/mol. The molecule has 18 heavy (non-hydrogen) atoms. The molecule has 8 heteroatoms. The second-order valence-electron chi connectivity index (χ2n) is 3.41. The van der Waals surface area contributed by atoms with Gasteiger partial charge in [0.15, 0.2) is 0 Å². The Bertz CT molecular complexity index is 661. The van der Waals surface area contributed by atoms with Crippen LogP contribution in [0.15, 0.2) is 41.8 Å². The van der Waals surface area contributed by atoms with Crippen LogP contribution < -0.4 is 10.5 Å². The van der Waals surface area contributed by atoms with E-state index >= 15 is 0 Å². The van der Waals surface area contributed by atoms with Crippen LogP contribution in [-0.4, -0.2) is 18.4 Å². The number of nitrogens with two attached hydrogens (primary N) is 1. The molecule has 0 spiro atoms. The van der Waals surface area contributed by atoms with Crippen molar-refractivity contribution in [2.24, 2.45) is 0 Å². The monoisotopic (exact) mass is 268 g/mol. The highest BCUT2D eigenvalue weighted by Crippen LogP contribution is 2.21. The Kier molecular flexibility index (Phi) is 3.11. The molecule has 0 bridgehead atoms. The molecule has 1 aromatic heterocycles. The fourth-order valence-corrected chi connectivity index (χ4v) is 2.47. The van der Waals surface area contributed by atoms with Crippen molar-refractivity contribution >= 4 is 21.4 Å². The van der Waals surface area contributed by atoms with Gasteiger partial charge in [-0.25, -0.2) is 22.8 Å². The number of nitrogens with zero attached hydrogens (tertiary/aromatic N) is 2. The molecule has 0 atom stereocenters. The van der Waals surface area contributed by atoms with Gasteiger partial charge in [0.25, 0.3) is 10.0 Å². The van der Waals surface area contributed by atoms with Crippen molar-refractivity contribution in [2.45, 2.75) is 4.90 Å². The number of nitrogen functional groups attached to an aromatic ring is 1. The molecule has 2 aromatic rings. The van der Waals surface area contributed by atoms with Gasteiger partial charge in [-0.05, 0) is 18.2 Å². The number of rotatable bonds is 3. The van der Waals surface area contributed by atoms with Gasteiger partial charge in [0.05, 0.1) is 23.8 Å². The summed E-state index contributed by atoms with van der Waals surface area (Å²) < 4.78 is 39.0. The van der Waals surface area contributed by atoms with Gasteiger partial charge in [0.1, 0.15) is 17.0 Å². The highest BCUT2D eigenvalue weighted by atomic mass is 32.2. The Labute approximate surface area is 103 Å². The maximum atomic E-state index is 12.8. The number of anilines is 2. The maximum Gasteiger partial charge on any atom is 0.264 e. The highest BCUT2D eigenvalue weighted by molar-refractivity contribution is 7.92. The van der Waals surface area contributed by atoms with Crippen LogP contribution in [0.2, 0.25) is 0 Å². The molecule has 0 aliphatic carbocycles. The third-order valence-electron chi connectivity index (χ3n) is 2.07. The summed E-state index contributed by atoms with van der Waals surface area (Å²) in [7, 11) is -3.88. The summed E-state index contributed by atoms with van der Waals surface area (Å²) in [5.41, 5.74) is 5.50. The van der Waals surface area contributed by atoms with Crippen molar-refractivity contribution in [3.8, 4) is 0 Å². The lowest BCUT2D eigenvalue weighted by atomic mass is 10.3. The van der Waals surface area contributed by atoms with Crippen molar-refractivity contribution < 1.29 is 12.8 Å². The summed E-state index contributed by atoms with van der Waals surface area (Å²) in [6, 6.07) is 3.05. The van der Waals surface area contributed by atoms with E-state index in [2.05, 4.69) is 14.7 Å². The molecule has 6 nitrogen and oxygen atoms in total. The summed E-state index contributed by atoms with van der Waals surface area (Å²) in [4.78, 5) is 7.14. The Hall–Kier alpha value is -2.22. The molecule has 0 fully saturated rings. The lowest BCUT2D eigenvalue weighted by molar-refractivity contribution is 0.600. The minimum absolute atomic E-state index is 0.167. The zero-order chi connectivity index (χ0) is 13.2. The average molecular weight is 268 g/mol. The first-order valence-electron chi connectivity index (χ1n) is 4.82. The summed E-state index contributed by atoms with van der Waals surface area (Å²) in [6.45, 7) is 0. The van der Waals surface area contributed by atoms with Gasteiger partial charge in [-0.1, -0.05) is 0 Å². The van der Waals surface area contributed by atoms with Gasteiger partial charge in [-0.2, -0.15) is 0 Å². The first-order chi connectivity index (χ1) is 8.49. The van der Waals surface area contributed by atoms with Crippen molar-refractivity contribution in [1.82, 2.24) is 9.97 Å². The van der Waals surface area contributed by atoms with Crippen LogP contribution >= 0.6 is 0 Å². The predicted octanol–water partition coefficient (Wildman–Crippen LogP) is 0.999. The molecule has 1 heterocycles. The van der Waals surface area contributed by atoms with Crippen molar-refractivity contribution in [1.29, 1.82) is 0 Å². The summed E-state index contributed by atoms with van der Waals surface area (Å²) in [6.07, 6.45) is 3.86. The number of hydrogen-bond donors (Lipinski definition) is 2. The third kappa shape index (κ3) is 2.54. The van der Waals surface area contributed by atoms with Gasteiger partial charge in [-0.3, -0.25) is 4.72 Å². The minimum Gasteiger partial charge on any atom is -0.398 e. The first-order valence-corrected chi connectivity index (χ1v) is 6.30. The quantitative estimate of drug-likeness (QED) is 0.809.